The predicted octanol–water partition coefficient (Wildman–Crippen LogP) is 2.01. The topological polar surface area (TPSA) is 50.8 Å². The molecule has 1 aromatic rings. The number of hydrogen-bond acceptors (Lipinski definition) is 4. The number of carbonyl (C=O) groups excluding carboxylic acids is 1. The number of amides is 1. The molecule has 1 aliphatic heterocycles. The molecule has 0 aromatic heterocycles. The van der Waals surface area contributed by atoms with Crippen LogP contribution < -0.4 is 14.8 Å². The number of methoxy groups -OCH3 is 1. The Morgan fingerprint density at radius 3 is 2.91 bits per heavy atom. The number of piperazine rings is 1. The highest BCUT2D eigenvalue weighted by Gasteiger charge is 2.28. The highest BCUT2D eigenvalue weighted by Crippen LogP contribution is 2.28. The Morgan fingerprint density at radius 1 is 1.43 bits per heavy atom. The molecule has 2 atom stereocenters. The second kappa shape index (κ2) is 8.02. The SMILES string of the molecule is C=CCc1ccc(OCC(=O)N2CCNC(C)C2C)c(OC)c1. The van der Waals surface area contributed by atoms with Crippen LogP contribution in [-0.2, 0) is 11.2 Å². The molecule has 1 aliphatic rings. The summed E-state index contributed by atoms with van der Waals surface area (Å²) >= 11 is 0. The fourth-order valence-electron chi connectivity index (χ4n) is 2.76. The van der Waals surface area contributed by atoms with Crippen molar-refractivity contribution in [3.63, 3.8) is 0 Å². The van der Waals surface area contributed by atoms with E-state index in [2.05, 4.69) is 25.7 Å². The van der Waals surface area contributed by atoms with Gasteiger partial charge in [0.15, 0.2) is 18.1 Å². The Labute approximate surface area is 138 Å². The summed E-state index contributed by atoms with van der Waals surface area (Å²) in [5.74, 6) is 1.23. The van der Waals surface area contributed by atoms with Gasteiger partial charge < -0.3 is 19.7 Å². The Balaban J connectivity index is 1.99. The van der Waals surface area contributed by atoms with E-state index in [1.54, 1.807) is 7.11 Å². The average molecular weight is 318 g/mol. The van der Waals surface area contributed by atoms with Crippen molar-refractivity contribution < 1.29 is 14.3 Å². The largest absolute Gasteiger partial charge is 0.493 e. The van der Waals surface area contributed by atoms with E-state index in [4.69, 9.17) is 9.47 Å². The lowest BCUT2D eigenvalue weighted by atomic mass is 10.1. The molecule has 126 valence electrons. The third-order valence-electron chi connectivity index (χ3n) is 4.31. The van der Waals surface area contributed by atoms with Gasteiger partial charge in [0, 0.05) is 25.2 Å². The van der Waals surface area contributed by atoms with Gasteiger partial charge in [-0.1, -0.05) is 12.1 Å². The van der Waals surface area contributed by atoms with E-state index in [9.17, 15) is 4.79 Å². The van der Waals surface area contributed by atoms with Crippen molar-refractivity contribution in [3.05, 3.63) is 36.4 Å². The molecule has 1 N–H and O–H groups in total. The average Bonchev–Trinajstić information content (AvgIpc) is 2.56. The van der Waals surface area contributed by atoms with Gasteiger partial charge in [-0.15, -0.1) is 6.58 Å². The summed E-state index contributed by atoms with van der Waals surface area (Å²) < 4.78 is 11.1. The quantitative estimate of drug-likeness (QED) is 0.815. The summed E-state index contributed by atoms with van der Waals surface area (Å²) in [4.78, 5) is 14.3. The maximum absolute atomic E-state index is 12.4. The molecule has 5 nitrogen and oxygen atoms in total. The van der Waals surface area contributed by atoms with Gasteiger partial charge in [-0.3, -0.25) is 4.79 Å². The van der Waals surface area contributed by atoms with Gasteiger partial charge in [0.25, 0.3) is 5.91 Å². The predicted molar refractivity (Wildman–Crippen MR) is 91.0 cm³/mol. The van der Waals surface area contributed by atoms with E-state index in [-0.39, 0.29) is 18.6 Å². The highest BCUT2D eigenvalue weighted by molar-refractivity contribution is 5.78. The Hall–Kier alpha value is -2.01. The third kappa shape index (κ3) is 4.26. The normalized spacial score (nSPS) is 20.9. The van der Waals surface area contributed by atoms with E-state index in [1.807, 2.05) is 29.2 Å². The van der Waals surface area contributed by atoms with Crippen molar-refractivity contribution in [2.45, 2.75) is 32.4 Å². The zero-order valence-corrected chi connectivity index (χ0v) is 14.2. The minimum Gasteiger partial charge on any atom is -0.493 e. The van der Waals surface area contributed by atoms with E-state index >= 15 is 0 Å². The van der Waals surface area contributed by atoms with Crippen LogP contribution in [0.1, 0.15) is 19.4 Å². The number of hydrogen-bond donors (Lipinski definition) is 1. The molecule has 1 heterocycles. The van der Waals surface area contributed by atoms with E-state index in [0.29, 0.717) is 24.1 Å². The summed E-state index contributed by atoms with van der Waals surface area (Å²) in [5, 5.41) is 3.36. The molecule has 1 saturated heterocycles. The van der Waals surface area contributed by atoms with Crippen LogP contribution in [0.5, 0.6) is 11.5 Å². The summed E-state index contributed by atoms with van der Waals surface area (Å²) in [7, 11) is 1.60. The lowest BCUT2D eigenvalue weighted by Gasteiger charge is -2.38. The standard InChI is InChI=1S/C18H26N2O3/c1-5-6-15-7-8-16(17(11-15)22-4)23-12-18(21)20-10-9-19-13(2)14(20)3/h5,7-8,11,13-14,19H,1,6,9-10,12H2,2-4H3. The summed E-state index contributed by atoms with van der Waals surface area (Å²) in [6.07, 6.45) is 2.61. The third-order valence-corrected chi connectivity index (χ3v) is 4.31. The number of allylic oxidation sites excluding steroid dienone is 1. The number of ether oxygens (including phenoxy) is 2. The highest BCUT2D eigenvalue weighted by atomic mass is 16.5. The number of benzene rings is 1. The van der Waals surface area contributed by atoms with Crippen LogP contribution >= 0.6 is 0 Å². The van der Waals surface area contributed by atoms with Crippen molar-refractivity contribution in [3.8, 4) is 11.5 Å². The zero-order chi connectivity index (χ0) is 16.8. The van der Waals surface area contributed by atoms with Crippen molar-refractivity contribution in [1.82, 2.24) is 10.2 Å². The minimum absolute atomic E-state index is 0.00284. The van der Waals surface area contributed by atoms with Crippen molar-refractivity contribution in [2.75, 3.05) is 26.8 Å². The van der Waals surface area contributed by atoms with Gasteiger partial charge >= 0.3 is 0 Å². The van der Waals surface area contributed by atoms with Gasteiger partial charge in [0.2, 0.25) is 0 Å². The second-order valence-electron chi connectivity index (χ2n) is 5.84. The molecule has 1 fully saturated rings. The molecule has 5 heteroatoms. The monoisotopic (exact) mass is 318 g/mol. The summed E-state index contributed by atoms with van der Waals surface area (Å²) in [5.41, 5.74) is 1.10. The molecule has 2 rings (SSSR count). The van der Waals surface area contributed by atoms with Crippen molar-refractivity contribution >= 4 is 5.91 Å². The molecule has 0 saturated carbocycles. The second-order valence-corrected chi connectivity index (χ2v) is 5.84. The van der Waals surface area contributed by atoms with E-state index < -0.39 is 0 Å². The van der Waals surface area contributed by atoms with Crippen LogP contribution in [0.4, 0.5) is 0 Å². The number of nitrogens with one attached hydrogen (secondary N) is 1. The van der Waals surface area contributed by atoms with E-state index in [1.165, 1.54) is 0 Å². The molecule has 2 unspecified atom stereocenters. The van der Waals surface area contributed by atoms with Gasteiger partial charge in [0.05, 0.1) is 7.11 Å². The van der Waals surface area contributed by atoms with Crippen LogP contribution in [0.15, 0.2) is 30.9 Å². The fourth-order valence-corrected chi connectivity index (χ4v) is 2.76. The van der Waals surface area contributed by atoms with Crippen molar-refractivity contribution in [1.29, 1.82) is 0 Å². The van der Waals surface area contributed by atoms with Crippen LogP contribution in [0.2, 0.25) is 0 Å². The zero-order valence-electron chi connectivity index (χ0n) is 14.2. The lowest BCUT2D eigenvalue weighted by Crippen LogP contribution is -2.58. The molecule has 0 radical (unpaired) electrons. The van der Waals surface area contributed by atoms with Gasteiger partial charge in [0.1, 0.15) is 0 Å². The maximum atomic E-state index is 12.4. The van der Waals surface area contributed by atoms with Crippen molar-refractivity contribution in [2.24, 2.45) is 0 Å². The fraction of sp³-hybridized carbons (Fsp3) is 0.500. The molecule has 23 heavy (non-hydrogen) atoms. The molecule has 0 spiro atoms. The van der Waals surface area contributed by atoms with Crippen LogP contribution in [0.3, 0.4) is 0 Å². The lowest BCUT2D eigenvalue weighted by molar-refractivity contribution is -0.137. The molecule has 0 bridgehead atoms. The van der Waals surface area contributed by atoms with Gasteiger partial charge in [-0.2, -0.15) is 0 Å². The number of rotatable bonds is 6. The molecular weight excluding hydrogens is 292 g/mol. The number of carbonyl (C=O) groups is 1. The minimum atomic E-state index is 0.00284. The summed E-state index contributed by atoms with van der Waals surface area (Å²) in [6, 6.07) is 6.17. The summed E-state index contributed by atoms with van der Waals surface area (Å²) in [6.45, 7) is 9.43. The van der Waals surface area contributed by atoms with Crippen LogP contribution in [0.25, 0.3) is 0 Å². The first-order valence-electron chi connectivity index (χ1n) is 8.00. The first-order chi connectivity index (χ1) is 11.1. The molecule has 0 aliphatic carbocycles. The van der Waals surface area contributed by atoms with E-state index in [0.717, 1.165) is 18.5 Å². The molecule has 1 aromatic carbocycles. The Kier molecular flexibility index (Phi) is 6.04. The van der Waals surface area contributed by atoms with Gasteiger partial charge in [-0.05, 0) is 38.0 Å². The first kappa shape index (κ1) is 17.3. The first-order valence-corrected chi connectivity index (χ1v) is 8.00. The van der Waals surface area contributed by atoms with Crippen LogP contribution in [-0.4, -0.2) is 49.7 Å². The smallest absolute Gasteiger partial charge is 0.260 e. The van der Waals surface area contributed by atoms with Crippen LogP contribution in [0, 0.1) is 0 Å². The Bertz CT molecular complexity index is 559. The Morgan fingerprint density at radius 2 is 2.22 bits per heavy atom. The molecular formula is C18H26N2O3. The maximum Gasteiger partial charge on any atom is 0.260 e. The number of nitrogens with zero attached hydrogens (tertiary/aromatic N) is 1. The molecule has 1 amide bonds. The van der Waals surface area contributed by atoms with Gasteiger partial charge in [-0.25, -0.2) is 0 Å².